The standard InChI is InChI=1S/C68H127NO13/c1-3-5-7-9-11-13-15-16-17-18-19-20-21-22-23-24-25-26-27-28-29-30-31-32-33-34-35-36-37-38-39-40-42-44-46-48-50-52-60(73)69-56(57(72)51-49-47-45-43-41-14-12-10-8-6-4-2)55-79-67-65(78)63(76)66(59(54-71)81-67)82-68-64(77)62(75)61(74)58(53-70)80-68/h18-19,41,43,49,51,56-59,61-68,70-72,74-78H,3-17,20-40,42,44-48,50,52-55H2,1-2H3,(H,69,73)/b19-18-,43-41+,51-49+. The first-order chi connectivity index (χ1) is 40.1. The number of carbonyl (C=O) groups excluding carboxylic acids is 1. The molecular formula is C68H127NO13. The highest BCUT2D eigenvalue weighted by atomic mass is 16.7. The topological polar surface area (TPSA) is 228 Å². The molecule has 0 aromatic heterocycles. The SMILES string of the molecule is CCCCCCC/C=C/CC/C=C/C(O)C(COC1OC(CO)C(OC2OC(CO)C(O)C(O)C2O)C(O)C1O)NC(=O)CCCCCCCCCCCCCCCCCCCCCCCCCCC/C=C\CCCCCCCCCC. The number of ether oxygens (including phenoxy) is 4. The van der Waals surface area contributed by atoms with Crippen molar-refractivity contribution in [1.29, 1.82) is 0 Å². The molecule has 9 N–H and O–H groups in total. The molecule has 0 spiro atoms. The van der Waals surface area contributed by atoms with Crippen molar-refractivity contribution in [3.05, 3.63) is 36.5 Å². The van der Waals surface area contributed by atoms with Gasteiger partial charge in [-0.25, -0.2) is 0 Å². The second kappa shape index (κ2) is 53.4. The lowest BCUT2D eigenvalue weighted by molar-refractivity contribution is -0.359. The number of nitrogens with one attached hydrogen (secondary N) is 1. The van der Waals surface area contributed by atoms with Crippen LogP contribution in [0.25, 0.3) is 0 Å². The number of hydrogen-bond acceptors (Lipinski definition) is 13. The average molecular weight is 1170 g/mol. The largest absolute Gasteiger partial charge is 0.394 e. The Bertz CT molecular complexity index is 1510. The van der Waals surface area contributed by atoms with Crippen molar-refractivity contribution in [2.45, 2.75) is 370 Å². The lowest BCUT2D eigenvalue weighted by atomic mass is 9.97. The lowest BCUT2D eigenvalue weighted by Gasteiger charge is -2.46. The molecule has 0 aromatic carbocycles. The molecule has 2 heterocycles. The number of allylic oxidation sites excluding steroid dienone is 5. The van der Waals surface area contributed by atoms with Gasteiger partial charge in [0.05, 0.1) is 32.0 Å². The van der Waals surface area contributed by atoms with Crippen molar-refractivity contribution >= 4 is 5.91 Å². The fourth-order valence-electron chi connectivity index (χ4n) is 11.3. The van der Waals surface area contributed by atoms with Crippen LogP contribution in [0.5, 0.6) is 0 Å². The van der Waals surface area contributed by atoms with Gasteiger partial charge in [0.1, 0.15) is 48.8 Å². The number of unbranched alkanes of at least 4 members (excludes halogenated alkanes) is 39. The Kier molecular flexibility index (Phi) is 49.7. The molecule has 2 saturated heterocycles. The predicted molar refractivity (Wildman–Crippen MR) is 332 cm³/mol. The minimum absolute atomic E-state index is 0.246. The second-order valence-corrected chi connectivity index (χ2v) is 24.3. The fourth-order valence-corrected chi connectivity index (χ4v) is 11.3. The van der Waals surface area contributed by atoms with Gasteiger partial charge in [-0.2, -0.15) is 0 Å². The van der Waals surface area contributed by atoms with E-state index in [9.17, 15) is 45.6 Å². The van der Waals surface area contributed by atoms with Gasteiger partial charge in [0.25, 0.3) is 0 Å². The van der Waals surface area contributed by atoms with Crippen LogP contribution in [0.4, 0.5) is 0 Å². The Hall–Kier alpha value is -1.79. The Morgan fingerprint density at radius 2 is 0.780 bits per heavy atom. The smallest absolute Gasteiger partial charge is 0.220 e. The van der Waals surface area contributed by atoms with Gasteiger partial charge < -0.3 is 65.1 Å². The van der Waals surface area contributed by atoms with Gasteiger partial charge in [-0.3, -0.25) is 4.79 Å². The van der Waals surface area contributed by atoms with E-state index in [0.29, 0.717) is 12.8 Å². The van der Waals surface area contributed by atoms with Crippen LogP contribution < -0.4 is 5.32 Å². The molecule has 2 fully saturated rings. The van der Waals surface area contributed by atoms with E-state index in [-0.39, 0.29) is 18.9 Å². The zero-order chi connectivity index (χ0) is 59.5. The summed E-state index contributed by atoms with van der Waals surface area (Å²) >= 11 is 0. The van der Waals surface area contributed by atoms with E-state index in [2.05, 4.69) is 43.5 Å². The zero-order valence-electron chi connectivity index (χ0n) is 52.2. The van der Waals surface area contributed by atoms with Crippen molar-refractivity contribution in [1.82, 2.24) is 5.32 Å². The molecule has 1 amide bonds. The van der Waals surface area contributed by atoms with Gasteiger partial charge in [0.2, 0.25) is 5.91 Å². The van der Waals surface area contributed by atoms with E-state index in [0.717, 1.165) is 32.1 Å². The Morgan fingerprint density at radius 1 is 0.427 bits per heavy atom. The van der Waals surface area contributed by atoms with Crippen LogP contribution in [0, 0.1) is 0 Å². The summed E-state index contributed by atoms with van der Waals surface area (Å²) in [5.74, 6) is -0.246. The maximum absolute atomic E-state index is 13.3. The molecule has 12 atom stereocenters. The summed E-state index contributed by atoms with van der Waals surface area (Å²) in [6, 6.07) is -0.928. The first-order valence-electron chi connectivity index (χ1n) is 34.2. The molecule has 2 aliphatic rings. The number of amides is 1. The van der Waals surface area contributed by atoms with E-state index in [1.54, 1.807) is 6.08 Å². The summed E-state index contributed by atoms with van der Waals surface area (Å²) < 4.78 is 22.7. The minimum atomic E-state index is -1.79. The highest BCUT2D eigenvalue weighted by molar-refractivity contribution is 5.76. The third-order valence-corrected chi connectivity index (χ3v) is 16.8. The van der Waals surface area contributed by atoms with Crippen LogP contribution in [0.1, 0.15) is 296 Å². The third-order valence-electron chi connectivity index (χ3n) is 16.8. The fraction of sp³-hybridized carbons (Fsp3) is 0.897. The van der Waals surface area contributed by atoms with E-state index in [1.807, 2.05) is 6.08 Å². The van der Waals surface area contributed by atoms with Crippen LogP contribution in [-0.2, 0) is 23.7 Å². The predicted octanol–water partition coefficient (Wildman–Crippen LogP) is 13.3. The number of rotatable bonds is 56. The summed E-state index contributed by atoms with van der Waals surface area (Å²) in [6.45, 7) is 2.77. The van der Waals surface area contributed by atoms with Gasteiger partial charge in [-0.15, -0.1) is 0 Å². The van der Waals surface area contributed by atoms with E-state index < -0.39 is 86.8 Å². The van der Waals surface area contributed by atoms with Gasteiger partial charge in [0, 0.05) is 6.42 Å². The van der Waals surface area contributed by atoms with Crippen LogP contribution >= 0.6 is 0 Å². The molecule has 0 aliphatic carbocycles. The maximum atomic E-state index is 13.3. The first kappa shape index (κ1) is 76.3. The van der Waals surface area contributed by atoms with Crippen molar-refractivity contribution in [3.8, 4) is 0 Å². The molecular weight excluding hydrogens is 1040 g/mol. The lowest BCUT2D eigenvalue weighted by Crippen LogP contribution is -2.65. The summed E-state index contributed by atoms with van der Waals surface area (Å²) in [7, 11) is 0. The summed E-state index contributed by atoms with van der Waals surface area (Å²) in [4.78, 5) is 13.3. The molecule has 14 nitrogen and oxygen atoms in total. The van der Waals surface area contributed by atoms with Gasteiger partial charge >= 0.3 is 0 Å². The third kappa shape index (κ3) is 37.7. The summed E-state index contributed by atoms with van der Waals surface area (Å²) in [6.07, 6.45) is 51.1. The Morgan fingerprint density at radius 3 is 1.20 bits per heavy atom. The summed E-state index contributed by atoms with van der Waals surface area (Å²) in [5.41, 5.74) is 0. The Balaban J connectivity index is 1.55. The second-order valence-electron chi connectivity index (χ2n) is 24.3. The zero-order valence-corrected chi connectivity index (χ0v) is 52.2. The molecule has 14 heteroatoms. The monoisotopic (exact) mass is 1170 g/mol. The molecule has 0 radical (unpaired) electrons. The van der Waals surface area contributed by atoms with Crippen LogP contribution in [0.15, 0.2) is 36.5 Å². The minimum Gasteiger partial charge on any atom is -0.394 e. The van der Waals surface area contributed by atoms with E-state index >= 15 is 0 Å². The first-order valence-corrected chi connectivity index (χ1v) is 34.2. The van der Waals surface area contributed by atoms with Gasteiger partial charge in [0.15, 0.2) is 12.6 Å². The molecule has 0 bridgehead atoms. The van der Waals surface area contributed by atoms with E-state index in [1.165, 1.54) is 231 Å². The number of aliphatic hydroxyl groups is 8. The van der Waals surface area contributed by atoms with E-state index in [4.69, 9.17) is 18.9 Å². The highest BCUT2D eigenvalue weighted by Gasteiger charge is 2.51. The van der Waals surface area contributed by atoms with Crippen molar-refractivity contribution in [2.24, 2.45) is 0 Å². The van der Waals surface area contributed by atoms with Crippen LogP contribution in [-0.4, -0.2) is 140 Å². The van der Waals surface area contributed by atoms with Crippen molar-refractivity contribution in [2.75, 3.05) is 19.8 Å². The summed E-state index contributed by atoms with van der Waals surface area (Å²) in [5, 5.41) is 87.0. The molecule has 482 valence electrons. The maximum Gasteiger partial charge on any atom is 0.220 e. The van der Waals surface area contributed by atoms with Crippen molar-refractivity contribution < 1.29 is 64.6 Å². The molecule has 2 aliphatic heterocycles. The molecule has 0 saturated carbocycles. The normalized spacial score (nSPS) is 24.1. The molecule has 2 rings (SSSR count). The Labute approximate surface area is 500 Å². The number of aliphatic hydroxyl groups excluding tert-OH is 8. The molecule has 0 aromatic rings. The number of hydrogen-bond donors (Lipinski definition) is 9. The van der Waals surface area contributed by atoms with Crippen LogP contribution in [0.3, 0.4) is 0 Å². The average Bonchev–Trinajstić information content (AvgIpc) is 3.62. The number of carbonyl (C=O) groups is 1. The molecule has 82 heavy (non-hydrogen) atoms. The van der Waals surface area contributed by atoms with Gasteiger partial charge in [-0.05, 0) is 57.8 Å². The van der Waals surface area contributed by atoms with Crippen molar-refractivity contribution in [3.63, 3.8) is 0 Å². The van der Waals surface area contributed by atoms with Crippen LogP contribution in [0.2, 0.25) is 0 Å². The quantitative estimate of drug-likeness (QED) is 0.0204. The van der Waals surface area contributed by atoms with Gasteiger partial charge in [-0.1, -0.05) is 269 Å². The highest BCUT2D eigenvalue weighted by Crippen LogP contribution is 2.30. The molecule has 12 unspecified atom stereocenters.